The standard InChI is InChI=1S/C15H16NO3.HI/c1-18-12-6-7-13(15(10-12)19-2)14(17)11-16-8-4-3-5-9-16;/h3-10H,11H2,1-2H3;1H/q+1;/p-1. The number of carbonyl (C=O) groups excluding carboxylic acids is 1. The second-order valence-corrected chi connectivity index (χ2v) is 4.04. The Labute approximate surface area is 135 Å². The van der Waals surface area contributed by atoms with E-state index in [0.29, 0.717) is 17.1 Å². The van der Waals surface area contributed by atoms with Crippen LogP contribution < -0.4 is 38.0 Å². The lowest BCUT2D eigenvalue weighted by atomic mass is 10.1. The van der Waals surface area contributed by atoms with Gasteiger partial charge < -0.3 is 33.5 Å². The third-order valence-corrected chi connectivity index (χ3v) is 2.81. The number of methoxy groups -OCH3 is 2. The van der Waals surface area contributed by atoms with Crippen LogP contribution in [0, 0.1) is 0 Å². The fraction of sp³-hybridized carbons (Fsp3) is 0.200. The lowest BCUT2D eigenvalue weighted by molar-refractivity contribution is -0.683. The zero-order chi connectivity index (χ0) is 13.7. The van der Waals surface area contributed by atoms with E-state index in [9.17, 15) is 4.79 Å². The summed E-state index contributed by atoms with van der Waals surface area (Å²) in [5.41, 5.74) is 0.555. The summed E-state index contributed by atoms with van der Waals surface area (Å²) in [6, 6.07) is 10.9. The summed E-state index contributed by atoms with van der Waals surface area (Å²) in [7, 11) is 3.12. The van der Waals surface area contributed by atoms with E-state index in [1.165, 1.54) is 0 Å². The van der Waals surface area contributed by atoms with E-state index in [1.54, 1.807) is 32.4 Å². The van der Waals surface area contributed by atoms with Crippen molar-refractivity contribution < 1.29 is 42.8 Å². The Hall–Kier alpha value is -1.63. The van der Waals surface area contributed by atoms with Gasteiger partial charge in [0.25, 0.3) is 0 Å². The Morgan fingerprint density at radius 1 is 1.10 bits per heavy atom. The quantitative estimate of drug-likeness (QED) is 0.372. The van der Waals surface area contributed by atoms with Gasteiger partial charge >= 0.3 is 0 Å². The minimum Gasteiger partial charge on any atom is -1.00 e. The van der Waals surface area contributed by atoms with Crippen LogP contribution in [-0.4, -0.2) is 20.0 Å². The Morgan fingerprint density at radius 2 is 1.80 bits per heavy atom. The van der Waals surface area contributed by atoms with Gasteiger partial charge in [0, 0.05) is 18.2 Å². The van der Waals surface area contributed by atoms with Gasteiger partial charge in [-0.3, -0.25) is 4.79 Å². The molecule has 0 saturated heterocycles. The number of ether oxygens (including phenoxy) is 2. The largest absolute Gasteiger partial charge is 1.00 e. The fourth-order valence-electron chi connectivity index (χ4n) is 1.82. The molecule has 1 heterocycles. The van der Waals surface area contributed by atoms with Crippen molar-refractivity contribution in [3.05, 3.63) is 54.4 Å². The molecule has 0 amide bonds. The molecule has 0 atom stereocenters. The number of aromatic nitrogens is 1. The van der Waals surface area contributed by atoms with Crippen LogP contribution in [0.4, 0.5) is 0 Å². The van der Waals surface area contributed by atoms with Crippen molar-refractivity contribution in [2.45, 2.75) is 6.54 Å². The number of hydrogen-bond donors (Lipinski definition) is 0. The third-order valence-electron chi connectivity index (χ3n) is 2.81. The van der Waals surface area contributed by atoms with E-state index < -0.39 is 0 Å². The van der Waals surface area contributed by atoms with Gasteiger partial charge in [-0.15, -0.1) is 0 Å². The second-order valence-electron chi connectivity index (χ2n) is 4.04. The molecule has 1 aromatic heterocycles. The minimum atomic E-state index is -0.00398. The zero-order valence-corrected chi connectivity index (χ0v) is 13.5. The summed E-state index contributed by atoms with van der Waals surface area (Å²) in [5, 5.41) is 0. The molecule has 5 heteroatoms. The van der Waals surface area contributed by atoms with Crippen LogP contribution in [0.25, 0.3) is 0 Å². The predicted molar refractivity (Wildman–Crippen MR) is 70.5 cm³/mol. The first-order valence-corrected chi connectivity index (χ1v) is 5.94. The molecule has 106 valence electrons. The molecular formula is C15H16INO3. The van der Waals surface area contributed by atoms with E-state index in [0.717, 1.165) is 0 Å². The summed E-state index contributed by atoms with van der Waals surface area (Å²) in [5.74, 6) is 1.19. The molecule has 0 aliphatic rings. The second kappa shape index (κ2) is 7.84. The maximum Gasteiger partial charge on any atom is 0.231 e. The van der Waals surface area contributed by atoms with Crippen LogP contribution in [0.15, 0.2) is 48.8 Å². The highest BCUT2D eigenvalue weighted by molar-refractivity contribution is 5.97. The summed E-state index contributed by atoms with van der Waals surface area (Å²) < 4.78 is 12.2. The SMILES string of the molecule is COc1ccc(C(=O)C[n+]2ccccc2)c(OC)c1.[I-]. The highest BCUT2D eigenvalue weighted by Crippen LogP contribution is 2.24. The van der Waals surface area contributed by atoms with Gasteiger partial charge in [-0.05, 0) is 12.1 Å². The Balaban J connectivity index is 0.00000200. The highest BCUT2D eigenvalue weighted by Gasteiger charge is 2.17. The molecule has 0 aliphatic carbocycles. The molecule has 4 nitrogen and oxygen atoms in total. The fourth-order valence-corrected chi connectivity index (χ4v) is 1.82. The third kappa shape index (κ3) is 3.93. The lowest BCUT2D eigenvalue weighted by Gasteiger charge is -2.08. The number of carbonyl (C=O) groups is 1. The van der Waals surface area contributed by atoms with Gasteiger partial charge in [0.1, 0.15) is 11.5 Å². The van der Waals surface area contributed by atoms with Gasteiger partial charge in [0.2, 0.25) is 12.3 Å². The molecule has 20 heavy (non-hydrogen) atoms. The van der Waals surface area contributed by atoms with Crippen LogP contribution in [0.1, 0.15) is 10.4 Å². The Bertz CT molecular complexity index is 573. The molecule has 2 aromatic rings. The van der Waals surface area contributed by atoms with Gasteiger partial charge in [-0.1, -0.05) is 6.07 Å². The molecule has 0 unspecified atom stereocenters. The number of ketones is 1. The van der Waals surface area contributed by atoms with E-state index in [1.807, 2.05) is 35.2 Å². The number of halogens is 1. The van der Waals surface area contributed by atoms with E-state index in [-0.39, 0.29) is 36.3 Å². The lowest BCUT2D eigenvalue weighted by Crippen LogP contribution is -3.00. The van der Waals surface area contributed by atoms with Crippen LogP contribution in [-0.2, 0) is 6.54 Å². The molecular weight excluding hydrogens is 369 g/mol. The van der Waals surface area contributed by atoms with Crippen molar-refractivity contribution in [2.24, 2.45) is 0 Å². The number of pyridine rings is 1. The summed E-state index contributed by atoms with van der Waals surface area (Å²) >= 11 is 0. The number of Topliss-reactive ketones (excluding diaryl/α,β-unsaturated/α-hetero) is 1. The topological polar surface area (TPSA) is 39.4 Å². The number of rotatable bonds is 5. The van der Waals surface area contributed by atoms with Crippen LogP contribution in [0.2, 0.25) is 0 Å². The monoisotopic (exact) mass is 385 g/mol. The smallest absolute Gasteiger partial charge is 0.231 e. The first-order valence-electron chi connectivity index (χ1n) is 5.94. The molecule has 0 radical (unpaired) electrons. The van der Waals surface area contributed by atoms with Crippen molar-refractivity contribution in [3.8, 4) is 11.5 Å². The first-order chi connectivity index (χ1) is 9.24. The maximum atomic E-state index is 12.3. The predicted octanol–water partition coefficient (Wildman–Crippen LogP) is -1.12. The normalized spacial score (nSPS) is 9.50. The molecule has 1 aromatic carbocycles. The number of nitrogens with zero attached hydrogens (tertiary/aromatic N) is 1. The molecule has 2 rings (SSSR count). The molecule has 0 bridgehead atoms. The molecule has 0 spiro atoms. The molecule has 0 fully saturated rings. The van der Waals surface area contributed by atoms with Gasteiger partial charge in [-0.2, -0.15) is 4.57 Å². The number of benzene rings is 1. The summed E-state index contributed by atoms with van der Waals surface area (Å²) in [4.78, 5) is 12.3. The minimum absolute atomic E-state index is 0. The Morgan fingerprint density at radius 3 is 2.40 bits per heavy atom. The number of hydrogen-bond acceptors (Lipinski definition) is 3. The Kier molecular flexibility index (Phi) is 6.44. The van der Waals surface area contributed by atoms with E-state index in [4.69, 9.17) is 9.47 Å². The van der Waals surface area contributed by atoms with Crippen molar-refractivity contribution in [1.29, 1.82) is 0 Å². The molecule has 0 aliphatic heterocycles. The summed E-state index contributed by atoms with van der Waals surface area (Å²) in [6.45, 7) is 0.281. The first kappa shape index (κ1) is 16.4. The average Bonchev–Trinajstić information content (AvgIpc) is 2.47. The van der Waals surface area contributed by atoms with Gasteiger partial charge in [0.15, 0.2) is 12.4 Å². The van der Waals surface area contributed by atoms with E-state index in [2.05, 4.69) is 0 Å². The summed E-state index contributed by atoms with van der Waals surface area (Å²) in [6.07, 6.45) is 3.71. The van der Waals surface area contributed by atoms with Gasteiger partial charge in [0.05, 0.1) is 19.8 Å². The van der Waals surface area contributed by atoms with Crippen LogP contribution in [0.5, 0.6) is 11.5 Å². The maximum absolute atomic E-state index is 12.3. The van der Waals surface area contributed by atoms with Crippen LogP contribution in [0.3, 0.4) is 0 Å². The zero-order valence-electron chi connectivity index (χ0n) is 11.4. The van der Waals surface area contributed by atoms with Crippen molar-refractivity contribution >= 4 is 5.78 Å². The van der Waals surface area contributed by atoms with Crippen molar-refractivity contribution in [1.82, 2.24) is 0 Å². The van der Waals surface area contributed by atoms with Gasteiger partial charge in [-0.25, -0.2) is 0 Å². The molecule has 0 saturated carbocycles. The van der Waals surface area contributed by atoms with Crippen LogP contribution >= 0.6 is 0 Å². The highest BCUT2D eigenvalue weighted by atomic mass is 127. The van der Waals surface area contributed by atoms with E-state index >= 15 is 0 Å². The molecule has 0 N–H and O–H groups in total. The average molecular weight is 385 g/mol. The van der Waals surface area contributed by atoms with Crippen molar-refractivity contribution in [3.63, 3.8) is 0 Å². The van der Waals surface area contributed by atoms with Crippen molar-refractivity contribution in [2.75, 3.05) is 14.2 Å².